The number of hydrogen-bond donors (Lipinski definition) is 2. The number of ether oxygens (including phenoxy) is 1. The number of hydrogen-bond acceptors (Lipinski definition) is 5. The van der Waals surface area contributed by atoms with Crippen molar-refractivity contribution in [3.05, 3.63) is 66.6 Å². The van der Waals surface area contributed by atoms with E-state index >= 15 is 0 Å². The predicted molar refractivity (Wildman–Crippen MR) is 116 cm³/mol. The molecule has 4 rings (SSSR count). The third-order valence-corrected chi connectivity index (χ3v) is 5.47. The van der Waals surface area contributed by atoms with Crippen molar-refractivity contribution < 1.29 is 9.53 Å². The quantitative estimate of drug-likeness (QED) is 0.360. The number of aromatic amines is 1. The average Bonchev–Trinajstić information content (AvgIpc) is 3.17. The molecule has 146 valence electrons. The number of nitrogens with zero attached hydrogens (tertiary/aromatic N) is 2. The molecule has 4 aromatic rings. The van der Waals surface area contributed by atoms with Gasteiger partial charge in [-0.3, -0.25) is 4.79 Å². The maximum atomic E-state index is 12.4. The zero-order valence-electron chi connectivity index (χ0n) is 16.1. The molecular weight excluding hydrogens is 384 g/mol. The summed E-state index contributed by atoms with van der Waals surface area (Å²) in [6.07, 6.45) is 3.48. The second-order valence-corrected chi connectivity index (χ2v) is 7.48. The molecule has 29 heavy (non-hydrogen) atoms. The first kappa shape index (κ1) is 19.0. The SMILES string of the molecule is COc1ccccc1NC(=O)CSc1ncnc2c(-c3cccc(C)c3)c[nH]c12. The zero-order valence-corrected chi connectivity index (χ0v) is 16.9. The molecule has 0 spiro atoms. The number of H-pyrrole nitrogens is 1. The number of nitrogens with one attached hydrogen (secondary N) is 2. The molecule has 0 unspecified atom stereocenters. The lowest BCUT2D eigenvalue weighted by Crippen LogP contribution is -2.14. The minimum absolute atomic E-state index is 0.128. The fraction of sp³-hybridized carbons (Fsp3) is 0.136. The van der Waals surface area contributed by atoms with Gasteiger partial charge in [0.2, 0.25) is 5.91 Å². The molecular formula is C22H20N4O2S. The van der Waals surface area contributed by atoms with Gasteiger partial charge in [0.1, 0.15) is 22.6 Å². The second-order valence-electron chi connectivity index (χ2n) is 6.51. The van der Waals surface area contributed by atoms with Crippen LogP contribution in [-0.2, 0) is 4.79 Å². The van der Waals surface area contributed by atoms with Crippen molar-refractivity contribution in [3.8, 4) is 16.9 Å². The van der Waals surface area contributed by atoms with Crippen LogP contribution < -0.4 is 10.1 Å². The van der Waals surface area contributed by atoms with Crippen LogP contribution in [0, 0.1) is 6.92 Å². The lowest BCUT2D eigenvalue weighted by molar-refractivity contribution is -0.113. The third-order valence-electron chi connectivity index (χ3n) is 4.48. The van der Waals surface area contributed by atoms with E-state index in [9.17, 15) is 4.79 Å². The van der Waals surface area contributed by atoms with Gasteiger partial charge in [0, 0.05) is 11.8 Å². The van der Waals surface area contributed by atoms with Crippen LogP contribution in [0.4, 0.5) is 5.69 Å². The average molecular weight is 404 g/mol. The fourth-order valence-corrected chi connectivity index (χ4v) is 3.89. The summed E-state index contributed by atoms with van der Waals surface area (Å²) in [5.74, 6) is 0.724. The Hall–Kier alpha value is -3.32. The minimum atomic E-state index is -0.128. The standard InChI is InChI=1S/C22H20N4O2S/c1-14-6-5-7-15(10-14)16-11-23-21-20(16)24-13-25-22(21)29-12-19(27)26-17-8-3-4-9-18(17)28-2/h3-11,13,23H,12H2,1-2H3,(H,26,27). The minimum Gasteiger partial charge on any atom is -0.495 e. The van der Waals surface area contributed by atoms with Crippen LogP contribution in [0.1, 0.15) is 5.56 Å². The van der Waals surface area contributed by atoms with Crippen molar-refractivity contribution in [2.75, 3.05) is 18.2 Å². The smallest absolute Gasteiger partial charge is 0.234 e. The van der Waals surface area contributed by atoms with E-state index < -0.39 is 0 Å². The lowest BCUT2D eigenvalue weighted by Gasteiger charge is -2.09. The lowest BCUT2D eigenvalue weighted by atomic mass is 10.1. The molecule has 0 bridgehead atoms. The Morgan fingerprint density at radius 2 is 2.03 bits per heavy atom. The second kappa shape index (κ2) is 8.36. The van der Waals surface area contributed by atoms with Gasteiger partial charge >= 0.3 is 0 Å². The number of carbonyl (C=O) groups excluding carboxylic acids is 1. The molecule has 0 fully saturated rings. The van der Waals surface area contributed by atoms with Crippen molar-refractivity contribution in [1.29, 1.82) is 0 Å². The van der Waals surface area contributed by atoms with E-state index in [4.69, 9.17) is 4.74 Å². The van der Waals surface area contributed by atoms with Crippen LogP contribution in [0.2, 0.25) is 0 Å². The first-order chi connectivity index (χ1) is 14.2. The summed E-state index contributed by atoms with van der Waals surface area (Å²) in [7, 11) is 1.58. The monoisotopic (exact) mass is 404 g/mol. The number of thioether (sulfide) groups is 1. The number of aromatic nitrogens is 3. The number of methoxy groups -OCH3 is 1. The number of anilines is 1. The molecule has 2 heterocycles. The van der Waals surface area contributed by atoms with Gasteiger partial charge in [0.25, 0.3) is 0 Å². The van der Waals surface area contributed by atoms with E-state index in [1.807, 2.05) is 36.5 Å². The van der Waals surface area contributed by atoms with Crippen molar-refractivity contribution in [2.24, 2.45) is 0 Å². The number of para-hydroxylation sites is 2. The highest BCUT2D eigenvalue weighted by Gasteiger charge is 2.14. The van der Waals surface area contributed by atoms with Gasteiger partial charge in [-0.25, -0.2) is 9.97 Å². The number of amides is 1. The first-order valence-electron chi connectivity index (χ1n) is 9.10. The largest absolute Gasteiger partial charge is 0.495 e. The topological polar surface area (TPSA) is 79.9 Å². The molecule has 0 aliphatic rings. The molecule has 0 radical (unpaired) electrons. The van der Waals surface area contributed by atoms with E-state index in [1.54, 1.807) is 7.11 Å². The number of carbonyl (C=O) groups is 1. The van der Waals surface area contributed by atoms with Crippen molar-refractivity contribution in [1.82, 2.24) is 15.0 Å². The normalized spacial score (nSPS) is 10.8. The van der Waals surface area contributed by atoms with Gasteiger partial charge in [-0.15, -0.1) is 0 Å². The molecule has 0 saturated carbocycles. The highest BCUT2D eigenvalue weighted by atomic mass is 32.2. The molecule has 0 aliphatic carbocycles. The Bertz CT molecular complexity index is 1170. The molecule has 7 heteroatoms. The molecule has 0 saturated heterocycles. The van der Waals surface area contributed by atoms with Gasteiger partial charge in [0.15, 0.2) is 0 Å². The molecule has 2 aromatic heterocycles. The van der Waals surface area contributed by atoms with Crippen LogP contribution in [0.5, 0.6) is 5.75 Å². The highest BCUT2D eigenvalue weighted by molar-refractivity contribution is 8.00. The molecule has 1 amide bonds. The Morgan fingerprint density at radius 1 is 1.17 bits per heavy atom. The van der Waals surface area contributed by atoms with E-state index in [2.05, 4.69) is 45.4 Å². The number of benzene rings is 2. The van der Waals surface area contributed by atoms with Crippen molar-refractivity contribution in [3.63, 3.8) is 0 Å². The first-order valence-corrected chi connectivity index (χ1v) is 10.1. The van der Waals surface area contributed by atoms with E-state index in [0.29, 0.717) is 11.4 Å². The molecule has 0 aliphatic heterocycles. The van der Waals surface area contributed by atoms with Gasteiger partial charge in [-0.1, -0.05) is 53.7 Å². The molecule has 0 atom stereocenters. The van der Waals surface area contributed by atoms with Gasteiger partial charge in [0.05, 0.1) is 24.1 Å². The fourth-order valence-electron chi connectivity index (χ4n) is 3.13. The summed E-state index contributed by atoms with van der Waals surface area (Å²) in [5, 5.41) is 3.62. The number of aryl methyl sites for hydroxylation is 1. The summed E-state index contributed by atoms with van der Waals surface area (Å²) < 4.78 is 5.27. The summed E-state index contributed by atoms with van der Waals surface area (Å²) in [4.78, 5) is 24.5. The summed E-state index contributed by atoms with van der Waals surface area (Å²) in [6, 6.07) is 15.6. The van der Waals surface area contributed by atoms with Crippen molar-refractivity contribution >= 4 is 34.4 Å². The van der Waals surface area contributed by atoms with E-state index in [1.165, 1.54) is 23.7 Å². The maximum absolute atomic E-state index is 12.4. The Kier molecular flexibility index (Phi) is 5.48. The zero-order chi connectivity index (χ0) is 20.2. The molecule has 2 N–H and O–H groups in total. The van der Waals surface area contributed by atoms with Crippen LogP contribution in [0.15, 0.2) is 66.1 Å². The third kappa shape index (κ3) is 4.09. The van der Waals surface area contributed by atoms with Crippen LogP contribution in [0.25, 0.3) is 22.2 Å². The maximum Gasteiger partial charge on any atom is 0.234 e. The van der Waals surface area contributed by atoms with E-state index in [0.717, 1.165) is 27.2 Å². The van der Waals surface area contributed by atoms with Crippen LogP contribution in [-0.4, -0.2) is 33.7 Å². The molecule has 2 aromatic carbocycles. The summed E-state index contributed by atoms with van der Waals surface area (Å²) >= 11 is 1.37. The predicted octanol–water partition coefficient (Wildman–Crippen LogP) is 4.67. The van der Waals surface area contributed by atoms with Crippen molar-refractivity contribution in [2.45, 2.75) is 11.9 Å². The van der Waals surface area contributed by atoms with Crippen LogP contribution in [0.3, 0.4) is 0 Å². The summed E-state index contributed by atoms with van der Waals surface area (Å²) in [5.41, 5.74) is 5.63. The van der Waals surface area contributed by atoms with Gasteiger partial charge in [-0.2, -0.15) is 0 Å². The van der Waals surface area contributed by atoms with Gasteiger partial charge in [-0.05, 0) is 24.6 Å². The van der Waals surface area contributed by atoms with Crippen LogP contribution >= 0.6 is 11.8 Å². The number of fused-ring (bicyclic) bond motifs is 1. The summed E-state index contributed by atoms with van der Waals surface area (Å²) in [6.45, 7) is 2.06. The Balaban J connectivity index is 1.52. The Labute approximate surface area is 172 Å². The van der Waals surface area contributed by atoms with E-state index in [-0.39, 0.29) is 11.7 Å². The molecule has 6 nitrogen and oxygen atoms in total. The van der Waals surface area contributed by atoms with Gasteiger partial charge < -0.3 is 15.0 Å². The highest BCUT2D eigenvalue weighted by Crippen LogP contribution is 2.32. The Morgan fingerprint density at radius 3 is 2.86 bits per heavy atom. The number of rotatable bonds is 6.